The summed E-state index contributed by atoms with van der Waals surface area (Å²) < 4.78 is 0. The molecular formula is C9H13NO. The maximum atomic E-state index is 9.93. The number of rotatable bonds is 5. The van der Waals surface area contributed by atoms with Gasteiger partial charge in [0.2, 0.25) is 6.41 Å². The smallest absolute Gasteiger partial charge is 0.207 e. The lowest BCUT2D eigenvalue weighted by atomic mass is 10.2. The highest BCUT2D eigenvalue weighted by atomic mass is 16.1. The lowest BCUT2D eigenvalue weighted by molar-refractivity contribution is -0.109. The topological polar surface area (TPSA) is 29.1 Å². The molecule has 0 aliphatic carbocycles. The van der Waals surface area contributed by atoms with Crippen LogP contribution in [0, 0.1) is 0 Å². The highest BCUT2D eigenvalue weighted by molar-refractivity contribution is 5.47. The van der Waals surface area contributed by atoms with Gasteiger partial charge in [-0.15, -0.1) is 0 Å². The number of nitrogens with one attached hydrogen (secondary N) is 1. The van der Waals surface area contributed by atoms with Gasteiger partial charge in [0.15, 0.2) is 0 Å². The van der Waals surface area contributed by atoms with Crippen molar-refractivity contribution in [2.45, 2.75) is 6.92 Å². The molecule has 0 atom stereocenters. The van der Waals surface area contributed by atoms with E-state index in [0.717, 1.165) is 5.57 Å². The molecule has 2 nitrogen and oxygen atoms in total. The maximum absolute atomic E-state index is 9.93. The third-order valence-corrected chi connectivity index (χ3v) is 1.10. The second-order valence-electron chi connectivity index (χ2n) is 1.98. The number of carbonyl (C=O) groups is 1. The van der Waals surface area contributed by atoms with Gasteiger partial charge in [-0.1, -0.05) is 30.9 Å². The Morgan fingerprint density at radius 2 is 2.36 bits per heavy atom. The molecule has 1 N–H and O–H groups in total. The largest absolute Gasteiger partial charge is 0.355 e. The van der Waals surface area contributed by atoms with E-state index in [2.05, 4.69) is 11.9 Å². The summed E-state index contributed by atoms with van der Waals surface area (Å²) in [6.07, 6.45) is 8.08. The monoisotopic (exact) mass is 151 g/mol. The molecule has 0 aromatic heterocycles. The van der Waals surface area contributed by atoms with Crippen molar-refractivity contribution in [3.63, 3.8) is 0 Å². The van der Waals surface area contributed by atoms with Crippen molar-refractivity contribution in [2.24, 2.45) is 0 Å². The summed E-state index contributed by atoms with van der Waals surface area (Å²) in [5, 5.41) is 2.57. The molecule has 0 rings (SSSR count). The summed E-state index contributed by atoms with van der Waals surface area (Å²) in [5.41, 5.74) is 1.04. The van der Waals surface area contributed by atoms with Crippen LogP contribution in [0.2, 0.25) is 0 Å². The zero-order valence-electron chi connectivity index (χ0n) is 6.71. The molecule has 0 unspecified atom stereocenters. The molecule has 0 saturated carbocycles. The predicted octanol–water partition coefficient (Wildman–Crippen LogP) is 1.42. The molecule has 0 saturated heterocycles. The summed E-state index contributed by atoms with van der Waals surface area (Å²) in [6.45, 7) is 6.05. The van der Waals surface area contributed by atoms with Gasteiger partial charge in [0.05, 0.1) is 0 Å². The molecule has 0 radical (unpaired) electrons. The first-order valence-electron chi connectivity index (χ1n) is 3.46. The van der Waals surface area contributed by atoms with Crippen LogP contribution in [-0.4, -0.2) is 13.0 Å². The molecule has 2 heteroatoms. The first-order chi connectivity index (χ1) is 5.35. The van der Waals surface area contributed by atoms with E-state index in [-0.39, 0.29) is 0 Å². The summed E-state index contributed by atoms with van der Waals surface area (Å²) in [4.78, 5) is 9.93. The number of allylic oxidation sites excluding steroid dienone is 3. The average Bonchev–Trinajstić information content (AvgIpc) is 2.01. The Morgan fingerprint density at radius 3 is 2.82 bits per heavy atom. The number of carbonyl (C=O) groups excluding carboxylic acids is 1. The van der Waals surface area contributed by atoms with Crippen LogP contribution >= 0.6 is 0 Å². The summed E-state index contributed by atoms with van der Waals surface area (Å²) in [5.74, 6) is 0. The molecule has 0 aliphatic rings. The molecule has 0 fully saturated rings. The Kier molecular flexibility index (Phi) is 5.99. The number of amides is 1. The predicted molar refractivity (Wildman–Crippen MR) is 47.2 cm³/mol. The molecule has 0 aromatic carbocycles. The molecule has 0 spiro atoms. The van der Waals surface area contributed by atoms with E-state index in [1.54, 1.807) is 6.08 Å². The van der Waals surface area contributed by atoms with Crippen molar-refractivity contribution in [1.29, 1.82) is 0 Å². The normalized spacial score (nSPS) is 11.5. The van der Waals surface area contributed by atoms with Crippen LogP contribution < -0.4 is 5.32 Å². The van der Waals surface area contributed by atoms with Gasteiger partial charge in [0.1, 0.15) is 0 Å². The fourth-order valence-corrected chi connectivity index (χ4v) is 0.698. The van der Waals surface area contributed by atoms with E-state index in [1.807, 2.05) is 25.2 Å². The zero-order chi connectivity index (χ0) is 8.53. The lowest BCUT2D eigenvalue weighted by Gasteiger charge is -1.97. The van der Waals surface area contributed by atoms with Crippen molar-refractivity contribution < 1.29 is 4.79 Å². The molecule has 0 bridgehead atoms. The Balaban J connectivity index is 3.98. The molecule has 1 amide bonds. The minimum Gasteiger partial charge on any atom is -0.355 e. The number of hydrogen-bond donors (Lipinski definition) is 1. The van der Waals surface area contributed by atoms with E-state index >= 15 is 0 Å². The van der Waals surface area contributed by atoms with Crippen molar-refractivity contribution >= 4 is 6.41 Å². The van der Waals surface area contributed by atoms with Crippen LogP contribution in [0.3, 0.4) is 0 Å². The van der Waals surface area contributed by atoms with E-state index < -0.39 is 0 Å². The highest BCUT2D eigenvalue weighted by Gasteiger charge is 1.86. The second kappa shape index (κ2) is 6.81. The van der Waals surface area contributed by atoms with Crippen LogP contribution in [0.4, 0.5) is 0 Å². The Morgan fingerprint density at radius 1 is 1.64 bits per heavy atom. The second-order valence-corrected chi connectivity index (χ2v) is 1.98. The molecular weight excluding hydrogens is 138 g/mol. The van der Waals surface area contributed by atoms with Crippen LogP contribution in [0.1, 0.15) is 6.92 Å². The third-order valence-electron chi connectivity index (χ3n) is 1.10. The average molecular weight is 151 g/mol. The van der Waals surface area contributed by atoms with Crippen LogP contribution in [0.15, 0.2) is 36.5 Å². The fourth-order valence-electron chi connectivity index (χ4n) is 0.698. The Labute approximate surface area is 67.3 Å². The Hall–Kier alpha value is -1.31. The quantitative estimate of drug-likeness (QED) is 0.467. The molecule has 0 aromatic rings. The lowest BCUT2D eigenvalue weighted by Crippen LogP contribution is -2.13. The number of hydrogen-bond acceptors (Lipinski definition) is 1. The van der Waals surface area contributed by atoms with Crippen molar-refractivity contribution in [2.75, 3.05) is 6.54 Å². The van der Waals surface area contributed by atoms with E-state index in [4.69, 9.17) is 0 Å². The van der Waals surface area contributed by atoms with Crippen molar-refractivity contribution in [1.82, 2.24) is 5.32 Å². The van der Waals surface area contributed by atoms with Gasteiger partial charge < -0.3 is 5.32 Å². The van der Waals surface area contributed by atoms with Gasteiger partial charge in [-0.2, -0.15) is 0 Å². The van der Waals surface area contributed by atoms with Crippen LogP contribution in [-0.2, 0) is 4.79 Å². The summed E-state index contributed by atoms with van der Waals surface area (Å²) in [7, 11) is 0. The SMILES string of the molecule is C=C/C=C(\C=C/C)CNC=O. The minimum atomic E-state index is 0.555. The van der Waals surface area contributed by atoms with Gasteiger partial charge in [0.25, 0.3) is 0 Å². The van der Waals surface area contributed by atoms with Crippen molar-refractivity contribution in [3.8, 4) is 0 Å². The fraction of sp³-hybridized carbons (Fsp3) is 0.222. The standard InChI is InChI=1S/C9H13NO/c1-3-5-9(6-4-2)7-10-8-11/h3-6,8H,1,7H2,2H3,(H,10,11)/b6-4-,9-5+. The molecule has 11 heavy (non-hydrogen) atoms. The van der Waals surface area contributed by atoms with E-state index in [0.29, 0.717) is 13.0 Å². The van der Waals surface area contributed by atoms with Crippen molar-refractivity contribution in [3.05, 3.63) is 36.5 Å². The first kappa shape index (κ1) is 9.69. The summed E-state index contributed by atoms with van der Waals surface area (Å²) in [6, 6.07) is 0. The maximum Gasteiger partial charge on any atom is 0.207 e. The first-order valence-corrected chi connectivity index (χ1v) is 3.46. The molecule has 60 valence electrons. The highest BCUT2D eigenvalue weighted by Crippen LogP contribution is 1.94. The summed E-state index contributed by atoms with van der Waals surface area (Å²) >= 11 is 0. The van der Waals surface area contributed by atoms with Gasteiger partial charge in [0, 0.05) is 6.54 Å². The van der Waals surface area contributed by atoms with E-state index in [1.165, 1.54) is 0 Å². The van der Waals surface area contributed by atoms with E-state index in [9.17, 15) is 4.79 Å². The molecule has 0 aliphatic heterocycles. The van der Waals surface area contributed by atoms with Gasteiger partial charge in [-0.25, -0.2) is 0 Å². The van der Waals surface area contributed by atoms with Gasteiger partial charge in [-0.05, 0) is 12.5 Å². The zero-order valence-corrected chi connectivity index (χ0v) is 6.71. The third kappa shape index (κ3) is 5.15. The van der Waals surface area contributed by atoms with Gasteiger partial charge in [-0.3, -0.25) is 4.79 Å². The van der Waals surface area contributed by atoms with Crippen LogP contribution in [0.5, 0.6) is 0 Å². The molecule has 0 heterocycles. The minimum absolute atomic E-state index is 0.555. The van der Waals surface area contributed by atoms with Gasteiger partial charge >= 0.3 is 0 Å². The van der Waals surface area contributed by atoms with Crippen LogP contribution in [0.25, 0.3) is 0 Å². The Bertz CT molecular complexity index is 180.